The first-order chi connectivity index (χ1) is 13.5. The first-order valence-electron chi connectivity index (χ1n) is 8.75. The first kappa shape index (κ1) is 19.4. The highest BCUT2D eigenvalue weighted by Gasteiger charge is 2.37. The van der Waals surface area contributed by atoms with E-state index in [0.717, 1.165) is 28.9 Å². The van der Waals surface area contributed by atoms with Gasteiger partial charge < -0.3 is 10.3 Å². The molecule has 29 heavy (non-hydrogen) atoms. The topological polar surface area (TPSA) is 40.2 Å². The number of aryl methyl sites for hydroxylation is 1. The van der Waals surface area contributed by atoms with E-state index in [1.54, 1.807) is 12.1 Å². The number of fused-ring (bicyclic) bond motifs is 1. The fourth-order valence-corrected chi connectivity index (χ4v) is 3.50. The molecule has 4 rings (SSSR count). The predicted molar refractivity (Wildman–Crippen MR) is 97.9 cm³/mol. The van der Waals surface area contributed by atoms with E-state index in [0.29, 0.717) is 24.3 Å². The van der Waals surface area contributed by atoms with Crippen molar-refractivity contribution >= 4 is 16.7 Å². The summed E-state index contributed by atoms with van der Waals surface area (Å²) in [6.07, 6.45) is -9.78. The zero-order valence-electron chi connectivity index (χ0n) is 15.1. The molecule has 0 spiro atoms. The van der Waals surface area contributed by atoms with E-state index < -0.39 is 23.5 Å². The lowest BCUT2D eigenvalue weighted by Crippen LogP contribution is -2.19. The fourth-order valence-electron chi connectivity index (χ4n) is 3.50. The van der Waals surface area contributed by atoms with Crippen LogP contribution in [0.25, 0.3) is 22.0 Å². The van der Waals surface area contributed by atoms with Crippen LogP contribution in [-0.4, -0.2) is 23.9 Å². The Morgan fingerprint density at radius 3 is 2.07 bits per heavy atom. The van der Waals surface area contributed by atoms with Gasteiger partial charge in [-0.15, -0.1) is 0 Å². The number of hydrogen-bond acceptors (Lipinski definition) is 2. The average Bonchev–Trinajstić information content (AvgIpc) is 3.25. The molecule has 2 N–H and O–H groups in total. The Balaban J connectivity index is 1.91. The standard InChI is InChI=1S/C20H15F6N3/c1-10-17(18-27-4-5-28-18)15-8-11(2-3-16(15)29-10)12-6-13(19(21,22)23)9-14(7-12)20(24,25)26/h2-3,6-9,29H,4-5H2,1H3,(H,27,28). The second-order valence-electron chi connectivity index (χ2n) is 6.84. The molecule has 0 saturated heterocycles. The van der Waals surface area contributed by atoms with Crippen molar-refractivity contribution in [2.24, 2.45) is 4.99 Å². The third kappa shape index (κ3) is 3.56. The van der Waals surface area contributed by atoms with Crippen LogP contribution in [0.4, 0.5) is 26.3 Å². The number of rotatable bonds is 2. The number of H-pyrrole nitrogens is 1. The maximum absolute atomic E-state index is 13.2. The molecular weight excluding hydrogens is 396 g/mol. The molecule has 1 aromatic heterocycles. The first-order valence-corrected chi connectivity index (χ1v) is 8.75. The van der Waals surface area contributed by atoms with E-state index in [1.807, 2.05) is 6.92 Å². The molecule has 0 amide bonds. The van der Waals surface area contributed by atoms with E-state index in [1.165, 1.54) is 6.07 Å². The van der Waals surface area contributed by atoms with Gasteiger partial charge in [-0.05, 0) is 48.4 Å². The minimum atomic E-state index is -4.89. The summed E-state index contributed by atoms with van der Waals surface area (Å²) in [5.41, 5.74) is -0.272. The summed E-state index contributed by atoms with van der Waals surface area (Å²) in [6, 6.07) is 6.34. The number of nitrogens with one attached hydrogen (secondary N) is 2. The molecular formula is C20H15F6N3. The predicted octanol–water partition coefficient (Wildman–Crippen LogP) is 5.53. The Bertz CT molecular complexity index is 1090. The Hall–Kier alpha value is -2.97. The van der Waals surface area contributed by atoms with Crippen molar-refractivity contribution in [3.8, 4) is 11.1 Å². The SMILES string of the molecule is Cc1[nH]c2ccc(-c3cc(C(F)(F)F)cc(C(F)(F)F)c3)cc2c1C1=NCCN1. The number of amidine groups is 1. The molecule has 0 radical (unpaired) electrons. The normalized spacial score (nSPS) is 14.9. The van der Waals surface area contributed by atoms with Gasteiger partial charge in [-0.3, -0.25) is 4.99 Å². The maximum Gasteiger partial charge on any atom is 0.416 e. The smallest absolute Gasteiger partial charge is 0.368 e. The molecule has 0 atom stereocenters. The highest BCUT2D eigenvalue weighted by atomic mass is 19.4. The molecule has 2 heterocycles. The van der Waals surface area contributed by atoms with Crippen molar-refractivity contribution in [3.05, 3.63) is 58.8 Å². The van der Waals surface area contributed by atoms with Crippen molar-refractivity contribution < 1.29 is 26.3 Å². The molecule has 2 aromatic carbocycles. The van der Waals surface area contributed by atoms with Crippen LogP contribution in [-0.2, 0) is 12.4 Å². The molecule has 0 unspecified atom stereocenters. The summed E-state index contributed by atoms with van der Waals surface area (Å²) in [5, 5.41) is 3.82. The number of aromatic nitrogens is 1. The Kier molecular flexibility index (Phi) is 4.36. The van der Waals surface area contributed by atoms with Crippen molar-refractivity contribution in [1.29, 1.82) is 0 Å². The van der Waals surface area contributed by atoms with Gasteiger partial charge in [0.2, 0.25) is 0 Å². The van der Waals surface area contributed by atoms with E-state index in [2.05, 4.69) is 15.3 Å². The summed E-state index contributed by atoms with van der Waals surface area (Å²) in [6.45, 7) is 3.11. The highest BCUT2D eigenvalue weighted by Crippen LogP contribution is 2.39. The zero-order chi connectivity index (χ0) is 21.0. The van der Waals surface area contributed by atoms with Gasteiger partial charge in [0.05, 0.1) is 17.7 Å². The Labute approximate surface area is 161 Å². The molecule has 3 aromatic rings. The largest absolute Gasteiger partial charge is 0.416 e. The van der Waals surface area contributed by atoms with Crippen molar-refractivity contribution in [3.63, 3.8) is 0 Å². The maximum atomic E-state index is 13.2. The third-order valence-electron chi connectivity index (χ3n) is 4.82. The van der Waals surface area contributed by atoms with Crippen molar-refractivity contribution in [2.75, 3.05) is 13.1 Å². The van der Waals surface area contributed by atoms with Gasteiger partial charge >= 0.3 is 12.4 Å². The van der Waals surface area contributed by atoms with E-state index in [4.69, 9.17) is 0 Å². The van der Waals surface area contributed by atoms with Gasteiger partial charge in [0.15, 0.2) is 0 Å². The number of benzene rings is 2. The van der Waals surface area contributed by atoms with E-state index in [9.17, 15) is 26.3 Å². The van der Waals surface area contributed by atoms with Gasteiger partial charge in [-0.2, -0.15) is 26.3 Å². The van der Waals surface area contributed by atoms with Gasteiger partial charge in [-0.25, -0.2) is 0 Å². The number of alkyl halides is 6. The molecule has 1 aliphatic rings. The molecule has 0 aliphatic carbocycles. The zero-order valence-corrected chi connectivity index (χ0v) is 15.1. The Morgan fingerprint density at radius 2 is 1.52 bits per heavy atom. The van der Waals surface area contributed by atoms with Crippen LogP contribution in [0, 0.1) is 6.92 Å². The van der Waals surface area contributed by atoms with Crippen LogP contribution in [0.1, 0.15) is 22.4 Å². The summed E-state index contributed by atoms with van der Waals surface area (Å²) in [7, 11) is 0. The van der Waals surface area contributed by atoms with Crippen LogP contribution in [0.3, 0.4) is 0 Å². The number of aliphatic imine (C=N–C) groups is 1. The van der Waals surface area contributed by atoms with E-state index in [-0.39, 0.29) is 17.2 Å². The summed E-state index contributed by atoms with van der Waals surface area (Å²) >= 11 is 0. The summed E-state index contributed by atoms with van der Waals surface area (Å²) in [4.78, 5) is 7.55. The second kappa shape index (κ2) is 6.53. The minimum Gasteiger partial charge on any atom is -0.368 e. The van der Waals surface area contributed by atoms with Crippen LogP contribution in [0.5, 0.6) is 0 Å². The molecule has 3 nitrogen and oxygen atoms in total. The monoisotopic (exact) mass is 411 g/mol. The highest BCUT2D eigenvalue weighted by molar-refractivity contribution is 6.12. The summed E-state index contributed by atoms with van der Waals surface area (Å²) < 4.78 is 79.1. The van der Waals surface area contributed by atoms with Crippen molar-refractivity contribution in [2.45, 2.75) is 19.3 Å². The number of hydrogen-bond donors (Lipinski definition) is 2. The van der Waals surface area contributed by atoms with Crippen LogP contribution in [0.2, 0.25) is 0 Å². The van der Waals surface area contributed by atoms with Gasteiger partial charge in [-0.1, -0.05) is 6.07 Å². The van der Waals surface area contributed by atoms with Gasteiger partial charge in [0.25, 0.3) is 0 Å². The lowest BCUT2D eigenvalue weighted by molar-refractivity contribution is -0.143. The fraction of sp³-hybridized carbons (Fsp3) is 0.250. The minimum absolute atomic E-state index is 0.130. The lowest BCUT2D eigenvalue weighted by Gasteiger charge is -2.14. The third-order valence-corrected chi connectivity index (χ3v) is 4.82. The molecule has 0 fully saturated rings. The number of aromatic amines is 1. The average molecular weight is 411 g/mol. The number of nitrogens with zero attached hydrogens (tertiary/aromatic N) is 1. The molecule has 0 bridgehead atoms. The molecule has 0 saturated carbocycles. The molecule has 1 aliphatic heterocycles. The van der Waals surface area contributed by atoms with Gasteiger partial charge in [0.1, 0.15) is 5.84 Å². The molecule has 9 heteroatoms. The van der Waals surface area contributed by atoms with Crippen LogP contribution < -0.4 is 5.32 Å². The van der Waals surface area contributed by atoms with Crippen LogP contribution >= 0.6 is 0 Å². The van der Waals surface area contributed by atoms with Crippen molar-refractivity contribution in [1.82, 2.24) is 10.3 Å². The van der Waals surface area contributed by atoms with Crippen LogP contribution in [0.15, 0.2) is 41.4 Å². The Morgan fingerprint density at radius 1 is 0.862 bits per heavy atom. The van der Waals surface area contributed by atoms with Gasteiger partial charge in [0, 0.05) is 28.7 Å². The second-order valence-corrected chi connectivity index (χ2v) is 6.84. The number of halogens is 6. The lowest BCUT2D eigenvalue weighted by atomic mass is 9.97. The quantitative estimate of drug-likeness (QED) is 0.535. The summed E-state index contributed by atoms with van der Waals surface area (Å²) in [5.74, 6) is 0.658. The molecule has 152 valence electrons. The van der Waals surface area contributed by atoms with E-state index >= 15 is 0 Å².